The molecule has 0 aliphatic carbocycles. The van der Waals surface area contributed by atoms with E-state index in [0.29, 0.717) is 31.2 Å². The molecule has 0 radical (unpaired) electrons. The summed E-state index contributed by atoms with van der Waals surface area (Å²) in [7, 11) is -1.62. The van der Waals surface area contributed by atoms with Crippen LogP contribution in [-0.4, -0.2) is 51.7 Å². The van der Waals surface area contributed by atoms with Crippen molar-refractivity contribution in [1.82, 2.24) is 10.6 Å². The Bertz CT molecular complexity index is 722. The Labute approximate surface area is 171 Å². The van der Waals surface area contributed by atoms with Crippen molar-refractivity contribution >= 4 is 51.6 Å². The fourth-order valence-electron chi connectivity index (χ4n) is 2.45. The Morgan fingerprint density at radius 3 is 2.54 bits per heavy atom. The van der Waals surface area contributed by atoms with E-state index in [-0.39, 0.29) is 41.5 Å². The highest BCUT2D eigenvalue weighted by Crippen LogP contribution is 2.12. The number of halogens is 1. The summed E-state index contributed by atoms with van der Waals surface area (Å²) in [5.41, 5.74) is 1.60. The fraction of sp³-hybridized carbons (Fsp3) is 0.500. The number of rotatable bonds is 5. The van der Waals surface area contributed by atoms with E-state index in [1.807, 2.05) is 19.1 Å². The van der Waals surface area contributed by atoms with Crippen molar-refractivity contribution in [2.75, 3.05) is 30.5 Å². The molecule has 146 valence electrons. The summed E-state index contributed by atoms with van der Waals surface area (Å²) >= 11 is 0. The lowest BCUT2D eigenvalue weighted by atomic mass is 10.2. The van der Waals surface area contributed by atoms with Crippen LogP contribution >= 0.6 is 24.0 Å². The molecule has 2 rings (SSSR count). The quantitative estimate of drug-likeness (QED) is 0.326. The number of ether oxygens (including phenoxy) is 1. The maximum absolute atomic E-state index is 11.6. The van der Waals surface area contributed by atoms with Crippen molar-refractivity contribution in [2.24, 2.45) is 4.99 Å². The summed E-state index contributed by atoms with van der Waals surface area (Å²) in [6.45, 7) is 3.08. The molecule has 1 fully saturated rings. The molecule has 0 aromatic heterocycles. The van der Waals surface area contributed by atoms with Gasteiger partial charge in [-0.3, -0.25) is 5.32 Å². The molecule has 1 aromatic rings. The molecular weight excluding hydrogens is 471 g/mol. The minimum atomic E-state index is -2.93. The zero-order valence-electron chi connectivity index (χ0n) is 14.8. The van der Waals surface area contributed by atoms with Gasteiger partial charge in [-0.05, 0) is 31.0 Å². The third-order valence-corrected chi connectivity index (χ3v) is 5.49. The van der Waals surface area contributed by atoms with Crippen molar-refractivity contribution in [3.8, 4) is 0 Å². The van der Waals surface area contributed by atoms with Crippen molar-refractivity contribution < 1.29 is 17.9 Å². The normalized spacial score (nSPS) is 18.5. The van der Waals surface area contributed by atoms with Crippen LogP contribution < -0.4 is 16.0 Å². The number of aliphatic imine (C=N–C) groups is 1. The van der Waals surface area contributed by atoms with Gasteiger partial charge in [0, 0.05) is 18.3 Å². The maximum atomic E-state index is 11.6. The summed E-state index contributed by atoms with van der Waals surface area (Å²) in [5, 5.41) is 8.88. The number of carbonyl (C=O) groups excluding carboxylic acids is 1. The smallest absolute Gasteiger partial charge is 0.411 e. The number of hydrogen-bond acceptors (Lipinski definition) is 5. The number of benzene rings is 1. The number of amides is 1. The molecule has 3 N–H and O–H groups in total. The number of hydrogen-bond donors (Lipinski definition) is 3. The second-order valence-electron chi connectivity index (χ2n) is 5.75. The van der Waals surface area contributed by atoms with Crippen LogP contribution in [0.3, 0.4) is 0 Å². The lowest BCUT2D eigenvalue weighted by Gasteiger charge is -2.15. The van der Waals surface area contributed by atoms with Crippen LogP contribution in [-0.2, 0) is 21.1 Å². The lowest BCUT2D eigenvalue weighted by molar-refractivity contribution is 0.187. The predicted octanol–water partition coefficient (Wildman–Crippen LogP) is 1.73. The molecule has 8 nitrogen and oxygen atoms in total. The number of carbonyl (C=O) groups is 1. The van der Waals surface area contributed by atoms with Crippen molar-refractivity contribution in [1.29, 1.82) is 0 Å². The highest BCUT2D eigenvalue weighted by molar-refractivity contribution is 14.0. The first-order valence-electron chi connectivity index (χ1n) is 8.11. The van der Waals surface area contributed by atoms with Crippen LogP contribution in [0.2, 0.25) is 0 Å². The first-order valence-corrected chi connectivity index (χ1v) is 9.93. The van der Waals surface area contributed by atoms with E-state index in [1.165, 1.54) is 7.11 Å². The Balaban J connectivity index is 0.00000338. The van der Waals surface area contributed by atoms with Crippen LogP contribution in [0.5, 0.6) is 0 Å². The van der Waals surface area contributed by atoms with Gasteiger partial charge < -0.3 is 15.4 Å². The lowest BCUT2D eigenvalue weighted by Crippen LogP contribution is -2.44. The van der Waals surface area contributed by atoms with Gasteiger partial charge in [0.2, 0.25) is 0 Å². The number of sulfone groups is 1. The molecule has 0 spiro atoms. The van der Waals surface area contributed by atoms with Gasteiger partial charge in [-0.2, -0.15) is 0 Å². The fourth-order valence-corrected chi connectivity index (χ4v) is 4.13. The second kappa shape index (κ2) is 10.6. The first-order chi connectivity index (χ1) is 11.9. The molecular formula is C16H25IN4O4S. The molecule has 1 heterocycles. The highest BCUT2D eigenvalue weighted by atomic mass is 127. The van der Waals surface area contributed by atoms with Gasteiger partial charge in [0.25, 0.3) is 0 Å². The van der Waals surface area contributed by atoms with E-state index < -0.39 is 15.9 Å². The van der Waals surface area contributed by atoms with Crippen LogP contribution in [0.4, 0.5) is 10.5 Å². The molecule has 1 amide bonds. The SMILES string of the molecule is CCNC(=NCc1ccc(NC(=O)OC)cc1)NC1CCS(=O)(=O)C1.I. The van der Waals surface area contributed by atoms with Crippen LogP contribution in [0.25, 0.3) is 0 Å². The molecule has 0 bridgehead atoms. The van der Waals surface area contributed by atoms with Gasteiger partial charge in [0.15, 0.2) is 15.8 Å². The number of anilines is 1. The molecule has 1 aliphatic rings. The molecule has 1 aliphatic heterocycles. The van der Waals surface area contributed by atoms with E-state index in [9.17, 15) is 13.2 Å². The van der Waals surface area contributed by atoms with E-state index in [2.05, 4.69) is 25.7 Å². The summed E-state index contributed by atoms with van der Waals surface area (Å²) in [4.78, 5) is 15.6. The van der Waals surface area contributed by atoms with Crippen molar-refractivity contribution in [2.45, 2.75) is 25.9 Å². The van der Waals surface area contributed by atoms with Crippen molar-refractivity contribution in [3.05, 3.63) is 29.8 Å². The number of methoxy groups -OCH3 is 1. The molecule has 26 heavy (non-hydrogen) atoms. The van der Waals surface area contributed by atoms with Crippen LogP contribution in [0.1, 0.15) is 18.9 Å². The van der Waals surface area contributed by atoms with Gasteiger partial charge in [-0.25, -0.2) is 18.2 Å². The third kappa shape index (κ3) is 7.36. The summed E-state index contributed by atoms with van der Waals surface area (Å²) < 4.78 is 27.6. The molecule has 1 saturated heterocycles. The molecule has 1 atom stereocenters. The van der Waals surface area contributed by atoms with E-state index in [0.717, 1.165) is 5.56 Å². The predicted molar refractivity (Wildman–Crippen MR) is 113 cm³/mol. The van der Waals surface area contributed by atoms with Crippen molar-refractivity contribution in [3.63, 3.8) is 0 Å². The third-order valence-electron chi connectivity index (χ3n) is 3.72. The minimum absolute atomic E-state index is 0. The Hall–Kier alpha value is -1.56. The average molecular weight is 496 g/mol. The Morgan fingerprint density at radius 1 is 1.31 bits per heavy atom. The van der Waals surface area contributed by atoms with E-state index >= 15 is 0 Å². The van der Waals surface area contributed by atoms with Crippen LogP contribution in [0, 0.1) is 0 Å². The Morgan fingerprint density at radius 2 is 2.00 bits per heavy atom. The minimum Gasteiger partial charge on any atom is -0.453 e. The van der Waals surface area contributed by atoms with E-state index in [1.54, 1.807) is 12.1 Å². The summed E-state index contributed by atoms with van der Waals surface area (Å²) in [5.74, 6) is 0.964. The largest absolute Gasteiger partial charge is 0.453 e. The van der Waals surface area contributed by atoms with Gasteiger partial charge in [0.05, 0.1) is 25.2 Å². The zero-order chi connectivity index (χ0) is 18.3. The topological polar surface area (TPSA) is 109 Å². The number of guanidine groups is 1. The van der Waals surface area contributed by atoms with Crippen LogP contribution in [0.15, 0.2) is 29.3 Å². The monoisotopic (exact) mass is 496 g/mol. The molecule has 1 aromatic carbocycles. The van der Waals surface area contributed by atoms with Gasteiger partial charge in [-0.1, -0.05) is 12.1 Å². The highest BCUT2D eigenvalue weighted by Gasteiger charge is 2.28. The van der Waals surface area contributed by atoms with E-state index in [4.69, 9.17) is 0 Å². The first kappa shape index (κ1) is 22.5. The zero-order valence-corrected chi connectivity index (χ0v) is 18.0. The van der Waals surface area contributed by atoms with Gasteiger partial charge in [-0.15, -0.1) is 24.0 Å². The Kier molecular flexibility index (Phi) is 9.13. The molecule has 10 heteroatoms. The second-order valence-corrected chi connectivity index (χ2v) is 7.98. The molecule has 1 unspecified atom stereocenters. The van der Waals surface area contributed by atoms with Gasteiger partial charge >= 0.3 is 6.09 Å². The van der Waals surface area contributed by atoms with Gasteiger partial charge in [0.1, 0.15) is 0 Å². The average Bonchev–Trinajstić information content (AvgIpc) is 2.92. The maximum Gasteiger partial charge on any atom is 0.411 e. The summed E-state index contributed by atoms with van der Waals surface area (Å²) in [6, 6.07) is 7.16. The number of nitrogens with zero attached hydrogens (tertiary/aromatic N) is 1. The standard InChI is InChI=1S/C16H24N4O4S.HI/c1-3-17-15(19-14-8-9-25(22,23)11-14)18-10-12-4-6-13(7-5-12)20-16(21)24-2;/h4-7,14H,3,8-11H2,1-2H3,(H,20,21)(H2,17,18,19);1H. The number of nitrogens with one attached hydrogen (secondary N) is 3. The molecule has 0 saturated carbocycles. The summed E-state index contributed by atoms with van der Waals surface area (Å²) in [6.07, 6.45) is 0.0802.